The molecule has 0 spiro atoms. The van der Waals surface area contributed by atoms with Crippen molar-refractivity contribution in [1.82, 2.24) is 0 Å². The monoisotopic (exact) mass is 244 g/mol. The third kappa shape index (κ3) is 13.2. The van der Waals surface area contributed by atoms with Gasteiger partial charge in [-0.1, -0.05) is 51.9 Å². The standard InChI is InChI=1S/C14H28O3/c1-4-5-6-7-8-9-10-11-12-16-14(15)17-13(2)3/h13H,4-12H2,1-3H3. The van der Waals surface area contributed by atoms with E-state index in [4.69, 9.17) is 9.47 Å². The summed E-state index contributed by atoms with van der Waals surface area (Å²) in [6.45, 7) is 6.35. The lowest BCUT2D eigenvalue weighted by Crippen LogP contribution is -2.13. The fraction of sp³-hybridized carbons (Fsp3) is 0.929. The second kappa shape index (κ2) is 11.7. The topological polar surface area (TPSA) is 35.5 Å². The first kappa shape index (κ1) is 16.3. The molecule has 0 saturated heterocycles. The number of hydrogen-bond acceptors (Lipinski definition) is 3. The molecule has 0 fully saturated rings. The number of carbonyl (C=O) groups excluding carboxylic acids is 1. The van der Waals surface area contributed by atoms with Crippen molar-refractivity contribution in [1.29, 1.82) is 0 Å². The molecule has 0 N–H and O–H groups in total. The Balaban J connectivity index is 3.10. The van der Waals surface area contributed by atoms with Gasteiger partial charge in [0.2, 0.25) is 0 Å². The van der Waals surface area contributed by atoms with E-state index in [-0.39, 0.29) is 6.10 Å². The van der Waals surface area contributed by atoms with Crippen molar-refractivity contribution in [3.8, 4) is 0 Å². The first-order valence-corrected chi connectivity index (χ1v) is 7.00. The van der Waals surface area contributed by atoms with Crippen LogP contribution in [-0.2, 0) is 9.47 Å². The van der Waals surface area contributed by atoms with Crippen molar-refractivity contribution < 1.29 is 14.3 Å². The molecule has 0 amide bonds. The van der Waals surface area contributed by atoms with Gasteiger partial charge in [0.15, 0.2) is 0 Å². The van der Waals surface area contributed by atoms with Gasteiger partial charge in [-0.25, -0.2) is 4.79 Å². The van der Waals surface area contributed by atoms with E-state index in [0.717, 1.165) is 12.8 Å². The van der Waals surface area contributed by atoms with Crippen LogP contribution in [0.25, 0.3) is 0 Å². The first-order valence-electron chi connectivity index (χ1n) is 7.00. The van der Waals surface area contributed by atoms with Gasteiger partial charge in [0.1, 0.15) is 0 Å². The number of carbonyl (C=O) groups is 1. The van der Waals surface area contributed by atoms with Crippen LogP contribution in [0.3, 0.4) is 0 Å². The minimum atomic E-state index is -0.539. The van der Waals surface area contributed by atoms with Crippen molar-refractivity contribution in [3.05, 3.63) is 0 Å². The van der Waals surface area contributed by atoms with Gasteiger partial charge in [-0.05, 0) is 20.3 Å². The van der Waals surface area contributed by atoms with Gasteiger partial charge in [-0.2, -0.15) is 0 Å². The van der Waals surface area contributed by atoms with Crippen LogP contribution in [0.15, 0.2) is 0 Å². The van der Waals surface area contributed by atoms with E-state index < -0.39 is 6.16 Å². The predicted octanol–water partition coefficient (Wildman–Crippen LogP) is 4.69. The van der Waals surface area contributed by atoms with Crippen molar-refractivity contribution in [2.24, 2.45) is 0 Å². The molecular weight excluding hydrogens is 216 g/mol. The molecule has 0 heterocycles. The average molecular weight is 244 g/mol. The van der Waals surface area contributed by atoms with Gasteiger partial charge in [0.25, 0.3) is 0 Å². The zero-order chi connectivity index (χ0) is 12.9. The Hall–Kier alpha value is -0.730. The third-order valence-electron chi connectivity index (χ3n) is 2.55. The summed E-state index contributed by atoms with van der Waals surface area (Å²) in [5.74, 6) is 0. The summed E-state index contributed by atoms with van der Waals surface area (Å²) in [4.78, 5) is 11.0. The molecule has 102 valence electrons. The molecule has 17 heavy (non-hydrogen) atoms. The fourth-order valence-electron chi connectivity index (χ4n) is 1.62. The Morgan fingerprint density at radius 2 is 1.47 bits per heavy atom. The molecule has 0 bridgehead atoms. The Morgan fingerprint density at radius 3 is 2.00 bits per heavy atom. The second-order valence-corrected chi connectivity index (χ2v) is 4.74. The zero-order valence-electron chi connectivity index (χ0n) is 11.7. The van der Waals surface area contributed by atoms with E-state index in [1.54, 1.807) is 0 Å². The predicted molar refractivity (Wildman–Crippen MR) is 70.2 cm³/mol. The molecule has 0 atom stereocenters. The maximum Gasteiger partial charge on any atom is 0.508 e. The lowest BCUT2D eigenvalue weighted by Gasteiger charge is -2.08. The molecule has 0 aromatic rings. The summed E-state index contributed by atoms with van der Waals surface area (Å²) in [5, 5.41) is 0. The van der Waals surface area contributed by atoms with Crippen LogP contribution < -0.4 is 0 Å². The highest BCUT2D eigenvalue weighted by molar-refractivity contribution is 5.59. The molecule has 0 aromatic carbocycles. The number of ether oxygens (including phenoxy) is 2. The van der Waals surface area contributed by atoms with Crippen molar-refractivity contribution in [3.63, 3.8) is 0 Å². The van der Waals surface area contributed by atoms with E-state index >= 15 is 0 Å². The molecule has 0 aliphatic heterocycles. The largest absolute Gasteiger partial charge is 0.508 e. The third-order valence-corrected chi connectivity index (χ3v) is 2.55. The van der Waals surface area contributed by atoms with Crippen LogP contribution in [0.2, 0.25) is 0 Å². The van der Waals surface area contributed by atoms with Gasteiger partial charge in [-0.15, -0.1) is 0 Å². The SMILES string of the molecule is CCCCCCCCCCOC(=O)OC(C)C. The molecule has 0 aromatic heterocycles. The Morgan fingerprint density at radius 1 is 0.941 bits per heavy atom. The molecule has 0 aliphatic carbocycles. The maximum absolute atomic E-state index is 11.0. The van der Waals surface area contributed by atoms with Gasteiger partial charge in [0, 0.05) is 0 Å². The highest BCUT2D eigenvalue weighted by Crippen LogP contribution is 2.08. The van der Waals surface area contributed by atoms with Crippen LogP contribution in [0.1, 0.15) is 72.1 Å². The number of rotatable bonds is 10. The summed E-state index contributed by atoms with van der Waals surface area (Å²) >= 11 is 0. The van der Waals surface area contributed by atoms with Crippen molar-refractivity contribution in [2.75, 3.05) is 6.61 Å². The number of unbranched alkanes of at least 4 members (excludes halogenated alkanes) is 7. The fourth-order valence-corrected chi connectivity index (χ4v) is 1.62. The molecule has 0 radical (unpaired) electrons. The Kier molecular flexibility index (Phi) is 11.2. The summed E-state index contributed by atoms with van der Waals surface area (Å²) < 4.78 is 9.80. The molecule has 0 unspecified atom stereocenters. The van der Waals surface area contributed by atoms with E-state index in [0.29, 0.717) is 6.61 Å². The first-order chi connectivity index (χ1) is 8.16. The number of hydrogen-bond donors (Lipinski definition) is 0. The average Bonchev–Trinajstić information content (AvgIpc) is 2.26. The van der Waals surface area contributed by atoms with Gasteiger partial charge < -0.3 is 9.47 Å². The van der Waals surface area contributed by atoms with Crippen LogP contribution in [-0.4, -0.2) is 18.9 Å². The minimum absolute atomic E-state index is 0.0962. The van der Waals surface area contributed by atoms with Crippen molar-refractivity contribution >= 4 is 6.16 Å². The maximum atomic E-state index is 11.0. The molecular formula is C14H28O3. The normalized spacial score (nSPS) is 10.6. The molecule has 3 heteroatoms. The van der Waals surface area contributed by atoms with E-state index in [1.165, 1.54) is 38.5 Å². The van der Waals surface area contributed by atoms with Gasteiger partial charge in [0.05, 0.1) is 12.7 Å². The molecule has 0 aliphatic rings. The summed E-state index contributed by atoms with van der Waals surface area (Å²) in [7, 11) is 0. The van der Waals surface area contributed by atoms with Gasteiger partial charge in [-0.3, -0.25) is 0 Å². The molecule has 3 nitrogen and oxygen atoms in total. The Labute approximate surface area is 106 Å². The lowest BCUT2D eigenvalue weighted by atomic mass is 10.1. The van der Waals surface area contributed by atoms with E-state index in [9.17, 15) is 4.79 Å². The van der Waals surface area contributed by atoms with Crippen LogP contribution >= 0.6 is 0 Å². The summed E-state index contributed by atoms with van der Waals surface area (Å²) in [5.41, 5.74) is 0. The van der Waals surface area contributed by atoms with Crippen LogP contribution in [0, 0.1) is 0 Å². The van der Waals surface area contributed by atoms with E-state index in [1.807, 2.05) is 13.8 Å². The highest BCUT2D eigenvalue weighted by atomic mass is 16.7. The van der Waals surface area contributed by atoms with E-state index in [2.05, 4.69) is 6.92 Å². The van der Waals surface area contributed by atoms with Crippen LogP contribution in [0.4, 0.5) is 4.79 Å². The minimum Gasteiger partial charge on any atom is -0.434 e. The highest BCUT2D eigenvalue weighted by Gasteiger charge is 2.05. The smallest absolute Gasteiger partial charge is 0.434 e. The zero-order valence-corrected chi connectivity index (χ0v) is 11.7. The van der Waals surface area contributed by atoms with Crippen LogP contribution in [0.5, 0.6) is 0 Å². The molecule has 0 rings (SSSR count). The second-order valence-electron chi connectivity index (χ2n) is 4.74. The summed E-state index contributed by atoms with van der Waals surface area (Å²) in [6, 6.07) is 0. The quantitative estimate of drug-likeness (QED) is 0.413. The Bertz CT molecular complexity index is 178. The lowest BCUT2D eigenvalue weighted by molar-refractivity contribution is 0.0336. The molecule has 0 saturated carbocycles. The van der Waals surface area contributed by atoms with Gasteiger partial charge >= 0.3 is 6.16 Å². The summed E-state index contributed by atoms with van der Waals surface area (Å²) in [6.07, 6.45) is 9.34. The van der Waals surface area contributed by atoms with Crippen molar-refractivity contribution in [2.45, 2.75) is 78.2 Å².